The van der Waals surface area contributed by atoms with Crippen molar-refractivity contribution in [1.82, 2.24) is 30.0 Å². The minimum atomic E-state index is -0.242. The molecule has 49 heavy (non-hydrogen) atoms. The molecular weight excluding hydrogens is 626 g/mol. The SMILES string of the molecule is COCCOCCOc1nn([C@H]2CC[C@H](N3C[C@@H](C)O[C@@H](C)C3)CC2)cc1Nc1ncc(-c2ccc(C#N)c(O[C@@H](C)CNC=N)c2)cn1. The lowest BCUT2D eigenvalue weighted by Gasteiger charge is -2.42. The number of hydrogen-bond acceptors (Lipinski definition) is 12. The van der Waals surface area contributed by atoms with Gasteiger partial charge < -0.3 is 34.3 Å². The van der Waals surface area contributed by atoms with Gasteiger partial charge in [-0.05, 0) is 64.2 Å². The summed E-state index contributed by atoms with van der Waals surface area (Å²) in [7, 11) is 1.65. The number of hydrogen-bond donors (Lipinski definition) is 3. The summed E-state index contributed by atoms with van der Waals surface area (Å²) in [5, 5.41) is 27.7. The molecule has 1 saturated heterocycles. The molecule has 0 amide bonds. The zero-order valence-corrected chi connectivity index (χ0v) is 28.9. The number of benzene rings is 1. The molecule has 3 atom stereocenters. The number of nitrogens with zero attached hydrogens (tertiary/aromatic N) is 6. The van der Waals surface area contributed by atoms with Gasteiger partial charge in [-0.3, -0.25) is 15.0 Å². The van der Waals surface area contributed by atoms with E-state index in [0.29, 0.717) is 67.8 Å². The molecule has 3 heterocycles. The Balaban J connectivity index is 1.26. The van der Waals surface area contributed by atoms with Gasteiger partial charge in [-0.2, -0.15) is 5.26 Å². The van der Waals surface area contributed by atoms with Gasteiger partial charge in [-0.15, -0.1) is 5.10 Å². The minimum Gasteiger partial charge on any atom is -0.487 e. The quantitative estimate of drug-likeness (QED) is 0.104. The Morgan fingerprint density at radius 3 is 2.45 bits per heavy atom. The van der Waals surface area contributed by atoms with Crippen LogP contribution in [0.2, 0.25) is 0 Å². The predicted molar refractivity (Wildman–Crippen MR) is 186 cm³/mol. The van der Waals surface area contributed by atoms with Gasteiger partial charge >= 0.3 is 0 Å². The summed E-state index contributed by atoms with van der Waals surface area (Å²) in [4.78, 5) is 11.8. The van der Waals surface area contributed by atoms with Gasteiger partial charge in [0.15, 0.2) is 0 Å². The summed E-state index contributed by atoms with van der Waals surface area (Å²) in [6.07, 6.45) is 11.1. The second kappa shape index (κ2) is 17.9. The standard InChI is InChI=1S/C35H49N9O5/c1-24(17-38-23-37)49-33-15-27(5-6-28(33)16-36)29-18-39-35(40-19-29)41-32-22-44(42-34(32)47-14-13-46-12-11-45-4)31-9-7-30(8-10-31)43-20-25(2)48-26(3)21-43/h5-6,15,18-19,22-26,30-31H,7-14,17,20-21H2,1-4H3,(H2,37,38)(H,39,40,41)/t24-,25-,26+,30-,31-/m0/s1. The van der Waals surface area contributed by atoms with E-state index in [1.807, 2.05) is 29.9 Å². The maximum absolute atomic E-state index is 9.59. The van der Waals surface area contributed by atoms with Crippen LogP contribution < -0.4 is 20.1 Å². The highest BCUT2D eigenvalue weighted by molar-refractivity contribution is 5.67. The van der Waals surface area contributed by atoms with Crippen molar-refractivity contribution in [1.29, 1.82) is 10.7 Å². The third-order valence-electron chi connectivity index (χ3n) is 8.77. The first-order valence-corrected chi connectivity index (χ1v) is 17.1. The summed E-state index contributed by atoms with van der Waals surface area (Å²) < 4.78 is 30.7. The van der Waals surface area contributed by atoms with Gasteiger partial charge in [0.1, 0.15) is 30.2 Å². The van der Waals surface area contributed by atoms with E-state index in [0.717, 1.165) is 56.2 Å². The van der Waals surface area contributed by atoms with Crippen molar-refractivity contribution >= 4 is 18.0 Å². The number of methoxy groups -OCH3 is 1. The van der Waals surface area contributed by atoms with E-state index in [-0.39, 0.29) is 24.4 Å². The smallest absolute Gasteiger partial charge is 0.257 e. The van der Waals surface area contributed by atoms with Crippen molar-refractivity contribution in [2.45, 2.75) is 76.9 Å². The summed E-state index contributed by atoms with van der Waals surface area (Å²) in [6.45, 7) is 10.4. The van der Waals surface area contributed by atoms with Gasteiger partial charge in [0.2, 0.25) is 5.95 Å². The molecule has 2 aromatic heterocycles. The van der Waals surface area contributed by atoms with Crippen LogP contribution in [0.4, 0.5) is 11.6 Å². The number of morpholine rings is 1. The fraction of sp³-hybridized carbons (Fsp3) is 0.571. The van der Waals surface area contributed by atoms with E-state index in [1.54, 1.807) is 25.6 Å². The fourth-order valence-corrected chi connectivity index (χ4v) is 6.44. The van der Waals surface area contributed by atoms with E-state index < -0.39 is 0 Å². The van der Waals surface area contributed by atoms with Crippen LogP contribution in [0, 0.1) is 16.7 Å². The largest absolute Gasteiger partial charge is 0.487 e. The maximum atomic E-state index is 9.59. The highest BCUT2D eigenvalue weighted by Gasteiger charge is 2.32. The van der Waals surface area contributed by atoms with Gasteiger partial charge in [-0.1, -0.05) is 6.07 Å². The molecule has 3 aromatic rings. The van der Waals surface area contributed by atoms with Crippen LogP contribution in [0.3, 0.4) is 0 Å². The average molecular weight is 676 g/mol. The highest BCUT2D eigenvalue weighted by Crippen LogP contribution is 2.35. The Hall–Kier alpha value is -4.29. The first-order valence-electron chi connectivity index (χ1n) is 17.1. The fourth-order valence-electron chi connectivity index (χ4n) is 6.44. The van der Waals surface area contributed by atoms with E-state index in [1.165, 1.54) is 0 Å². The molecule has 0 unspecified atom stereocenters. The molecule has 3 N–H and O–H groups in total. The van der Waals surface area contributed by atoms with Gasteiger partial charge in [0.25, 0.3) is 5.88 Å². The van der Waals surface area contributed by atoms with Crippen molar-refractivity contribution in [2.24, 2.45) is 0 Å². The maximum Gasteiger partial charge on any atom is 0.257 e. The number of ether oxygens (including phenoxy) is 5. The molecule has 14 nitrogen and oxygen atoms in total. The Morgan fingerprint density at radius 1 is 1.04 bits per heavy atom. The molecule has 1 aromatic carbocycles. The number of nitrogens with one attached hydrogen (secondary N) is 3. The van der Waals surface area contributed by atoms with Crippen molar-refractivity contribution < 1.29 is 23.7 Å². The molecule has 0 radical (unpaired) electrons. The summed E-state index contributed by atoms with van der Waals surface area (Å²) in [5.74, 6) is 1.34. The summed E-state index contributed by atoms with van der Waals surface area (Å²) >= 11 is 0. The predicted octanol–water partition coefficient (Wildman–Crippen LogP) is 4.55. The Labute approximate surface area is 288 Å². The molecule has 2 aliphatic rings. The van der Waals surface area contributed by atoms with Crippen LogP contribution in [0.5, 0.6) is 11.6 Å². The Kier molecular flexibility index (Phi) is 13.2. The molecule has 1 aliphatic carbocycles. The molecule has 1 aliphatic heterocycles. The monoisotopic (exact) mass is 675 g/mol. The van der Waals surface area contributed by atoms with Crippen molar-refractivity contribution in [3.8, 4) is 28.8 Å². The molecule has 2 fully saturated rings. The lowest BCUT2D eigenvalue weighted by atomic mass is 9.89. The van der Waals surface area contributed by atoms with Crippen molar-refractivity contribution in [3.63, 3.8) is 0 Å². The van der Waals surface area contributed by atoms with E-state index in [9.17, 15) is 5.26 Å². The molecular formula is C35H49N9O5. The van der Waals surface area contributed by atoms with Crippen LogP contribution in [0.15, 0.2) is 36.8 Å². The zero-order valence-electron chi connectivity index (χ0n) is 28.9. The molecule has 0 bridgehead atoms. The topological polar surface area (TPSA) is 165 Å². The highest BCUT2D eigenvalue weighted by atomic mass is 16.5. The minimum absolute atomic E-state index is 0.242. The van der Waals surface area contributed by atoms with Crippen LogP contribution >= 0.6 is 0 Å². The Morgan fingerprint density at radius 2 is 1.76 bits per heavy atom. The second-order valence-corrected chi connectivity index (χ2v) is 12.7. The summed E-state index contributed by atoms with van der Waals surface area (Å²) in [5.41, 5.74) is 2.70. The zero-order chi connectivity index (χ0) is 34.6. The van der Waals surface area contributed by atoms with Crippen LogP contribution in [-0.2, 0) is 14.2 Å². The van der Waals surface area contributed by atoms with Gasteiger partial charge in [0, 0.05) is 44.2 Å². The van der Waals surface area contributed by atoms with Crippen molar-refractivity contribution in [2.75, 3.05) is 58.5 Å². The second-order valence-electron chi connectivity index (χ2n) is 12.7. The lowest BCUT2D eigenvalue weighted by molar-refractivity contribution is -0.0852. The third kappa shape index (κ3) is 10.1. The molecule has 264 valence electrons. The van der Waals surface area contributed by atoms with E-state index in [2.05, 4.69) is 45.4 Å². The number of rotatable bonds is 17. The summed E-state index contributed by atoms with van der Waals surface area (Å²) in [6, 6.07) is 8.39. The van der Waals surface area contributed by atoms with E-state index in [4.69, 9.17) is 34.2 Å². The van der Waals surface area contributed by atoms with Crippen LogP contribution in [0.1, 0.15) is 58.1 Å². The molecule has 1 saturated carbocycles. The van der Waals surface area contributed by atoms with E-state index >= 15 is 0 Å². The van der Waals surface area contributed by atoms with Gasteiger partial charge in [0.05, 0.1) is 62.7 Å². The third-order valence-corrected chi connectivity index (χ3v) is 8.77. The normalized spacial score (nSPS) is 21.8. The average Bonchev–Trinajstić information content (AvgIpc) is 3.51. The van der Waals surface area contributed by atoms with Crippen LogP contribution in [-0.4, -0.2) is 109 Å². The van der Waals surface area contributed by atoms with Crippen molar-refractivity contribution in [3.05, 3.63) is 42.4 Å². The van der Waals surface area contributed by atoms with Crippen LogP contribution in [0.25, 0.3) is 11.1 Å². The lowest BCUT2D eigenvalue weighted by Crippen LogP contribution is -2.51. The number of aromatic nitrogens is 4. The molecule has 0 spiro atoms. The molecule has 5 rings (SSSR count). The first kappa shape index (κ1) is 36.0. The number of anilines is 2. The Bertz CT molecular complexity index is 1510. The first-order chi connectivity index (χ1) is 23.9. The van der Waals surface area contributed by atoms with Gasteiger partial charge in [-0.25, -0.2) is 9.97 Å². The number of nitriles is 1. The molecule has 14 heteroatoms.